The predicted octanol–water partition coefficient (Wildman–Crippen LogP) is 0.834. The van der Waals surface area contributed by atoms with Gasteiger partial charge in [-0.2, -0.15) is 0 Å². The first-order chi connectivity index (χ1) is 5.55. The van der Waals surface area contributed by atoms with Gasteiger partial charge in [0.1, 0.15) is 6.29 Å². The van der Waals surface area contributed by atoms with Crippen molar-refractivity contribution in [1.29, 1.82) is 0 Å². The van der Waals surface area contributed by atoms with Crippen molar-refractivity contribution >= 4 is 12.2 Å². The molecule has 0 aromatic rings. The summed E-state index contributed by atoms with van der Waals surface area (Å²) in [6.45, 7) is 5.09. The zero-order chi connectivity index (χ0) is 9.19. The molecule has 68 valence electrons. The summed E-state index contributed by atoms with van der Waals surface area (Å²) in [6, 6.07) is 0. The van der Waals surface area contributed by atoms with Crippen LogP contribution in [0.15, 0.2) is 0 Å². The Morgan fingerprint density at radius 1 is 1.58 bits per heavy atom. The Morgan fingerprint density at radius 3 is 2.67 bits per heavy atom. The van der Waals surface area contributed by atoms with Gasteiger partial charge in [-0.05, 0) is 6.42 Å². The fraction of sp³-hybridized carbons (Fsp3) is 0.778. The molecule has 0 radical (unpaired) electrons. The van der Waals surface area contributed by atoms with Gasteiger partial charge in [0.05, 0.1) is 0 Å². The summed E-state index contributed by atoms with van der Waals surface area (Å²) in [5.41, 5.74) is -0.389. The van der Waals surface area contributed by atoms with Crippen LogP contribution >= 0.6 is 0 Å². The van der Waals surface area contributed by atoms with Crippen LogP contribution in [0.4, 0.5) is 0 Å². The van der Waals surface area contributed by atoms with Crippen LogP contribution < -0.4 is 0 Å². The second-order valence-corrected chi connectivity index (χ2v) is 4.03. The summed E-state index contributed by atoms with van der Waals surface area (Å²) in [6.07, 6.45) is 2.50. The predicted molar refractivity (Wildman–Crippen MR) is 45.7 cm³/mol. The highest BCUT2D eigenvalue weighted by molar-refractivity contribution is 5.78. The minimum atomic E-state index is -0.389. The van der Waals surface area contributed by atoms with E-state index in [2.05, 4.69) is 0 Å². The molecule has 1 heterocycles. The fourth-order valence-electron chi connectivity index (χ4n) is 1.40. The SMILES string of the molecule is CC(C)(C=O)CN1CCCC1=O. The zero-order valence-corrected chi connectivity index (χ0v) is 7.67. The first kappa shape index (κ1) is 9.23. The third kappa shape index (κ3) is 2.06. The molecule has 0 aliphatic carbocycles. The number of carbonyl (C=O) groups is 2. The standard InChI is InChI=1S/C9H15NO2/c1-9(2,7-11)6-10-5-3-4-8(10)12/h7H,3-6H2,1-2H3. The largest absolute Gasteiger partial charge is 0.342 e. The van der Waals surface area contributed by atoms with Crippen LogP contribution in [0.5, 0.6) is 0 Å². The Morgan fingerprint density at radius 2 is 2.25 bits per heavy atom. The molecule has 3 nitrogen and oxygen atoms in total. The maximum absolute atomic E-state index is 11.2. The molecule has 0 spiro atoms. The molecule has 1 saturated heterocycles. The van der Waals surface area contributed by atoms with Crippen molar-refractivity contribution in [2.45, 2.75) is 26.7 Å². The van der Waals surface area contributed by atoms with Crippen molar-refractivity contribution < 1.29 is 9.59 Å². The molecule has 12 heavy (non-hydrogen) atoms. The molecule has 0 saturated carbocycles. The smallest absolute Gasteiger partial charge is 0.222 e. The molecule has 0 atom stereocenters. The minimum Gasteiger partial charge on any atom is -0.342 e. The third-order valence-corrected chi connectivity index (χ3v) is 2.09. The van der Waals surface area contributed by atoms with E-state index in [9.17, 15) is 9.59 Å². The van der Waals surface area contributed by atoms with Gasteiger partial charge >= 0.3 is 0 Å². The molecule has 3 heteroatoms. The maximum atomic E-state index is 11.2. The lowest BCUT2D eigenvalue weighted by Crippen LogP contribution is -2.35. The van der Waals surface area contributed by atoms with E-state index in [1.165, 1.54) is 0 Å². The van der Waals surface area contributed by atoms with Gasteiger partial charge in [0.25, 0.3) is 0 Å². The Hall–Kier alpha value is -0.860. The van der Waals surface area contributed by atoms with Crippen LogP contribution in [-0.2, 0) is 9.59 Å². The molecule has 0 unspecified atom stereocenters. The highest BCUT2D eigenvalue weighted by atomic mass is 16.2. The van der Waals surface area contributed by atoms with E-state index in [1.54, 1.807) is 4.90 Å². The van der Waals surface area contributed by atoms with Gasteiger partial charge in [-0.15, -0.1) is 0 Å². The Bertz CT molecular complexity index is 199. The molecule has 0 bridgehead atoms. The maximum Gasteiger partial charge on any atom is 0.222 e. The summed E-state index contributed by atoms with van der Waals surface area (Å²) >= 11 is 0. The van der Waals surface area contributed by atoms with E-state index in [1.807, 2.05) is 13.8 Å². The number of nitrogens with zero attached hydrogens (tertiary/aromatic N) is 1. The average Bonchev–Trinajstić information content (AvgIpc) is 2.36. The molecule has 0 N–H and O–H groups in total. The Balaban J connectivity index is 2.50. The molecule has 1 aliphatic heterocycles. The molecule has 1 amide bonds. The van der Waals surface area contributed by atoms with Gasteiger partial charge in [0.15, 0.2) is 0 Å². The molecular weight excluding hydrogens is 154 g/mol. The van der Waals surface area contributed by atoms with E-state index in [-0.39, 0.29) is 11.3 Å². The summed E-state index contributed by atoms with van der Waals surface area (Å²) in [5.74, 6) is 0.185. The van der Waals surface area contributed by atoms with Crippen molar-refractivity contribution in [3.8, 4) is 0 Å². The van der Waals surface area contributed by atoms with Gasteiger partial charge in [0.2, 0.25) is 5.91 Å². The summed E-state index contributed by atoms with van der Waals surface area (Å²) < 4.78 is 0. The number of hydrogen-bond donors (Lipinski definition) is 0. The lowest BCUT2D eigenvalue weighted by atomic mass is 9.95. The van der Waals surface area contributed by atoms with Crippen LogP contribution in [0.2, 0.25) is 0 Å². The third-order valence-electron chi connectivity index (χ3n) is 2.09. The van der Waals surface area contributed by atoms with E-state index >= 15 is 0 Å². The van der Waals surface area contributed by atoms with Gasteiger partial charge in [-0.3, -0.25) is 4.79 Å². The van der Waals surface area contributed by atoms with E-state index < -0.39 is 0 Å². The summed E-state index contributed by atoms with van der Waals surface area (Å²) in [5, 5.41) is 0. The lowest BCUT2D eigenvalue weighted by Gasteiger charge is -2.24. The molecule has 0 aromatic carbocycles. The van der Waals surface area contributed by atoms with Crippen molar-refractivity contribution in [3.63, 3.8) is 0 Å². The molecule has 1 fully saturated rings. The van der Waals surface area contributed by atoms with Gasteiger partial charge < -0.3 is 9.69 Å². The van der Waals surface area contributed by atoms with Crippen molar-refractivity contribution in [2.75, 3.05) is 13.1 Å². The van der Waals surface area contributed by atoms with Crippen LogP contribution in [0.25, 0.3) is 0 Å². The number of rotatable bonds is 3. The first-order valence-electron chi connectivity index (χ1n) is 4.29. The van der Waals surface area contributed by atoms with Gasteiger partial charge in [0, 0.05) is 24.9 Å². The van der Waals surface area contributed by atoms with Crippen molar-refractivity contribution in [2.24, 2.45) is 5.41 Å². The highest BCUT2D eigenvalue weighted by Gasteiger charge is 2.27. The Kier molecular flexibility index (Phi) is 2.50. The number of carbonyl (C=O) groups excluding carboxylic acids is 2. The molecule has 0 aromatic heterocycles. The fourth-order valence-corrected chi connectivity index (χ4v) is 1.40. The van der Waals surface area contributed by atoms with Crippen molar-refractivity contribution in [3.05, 3.63) is 0 Å². The number of hydrogen-bond acceptors (Lipinski definition) is 2. The second-order valence-electron chi connectivity index (χ2n) is 4.03. The van der Waals surface area contributed by atoms with Gasteiger partial charge in [-0.25, -0.2) is 0 Å². The van der Waals surface area contributed by atoms with Crippen molar-refractivity contribution in [1.82, 2.24) is 4.90 Å². The average molecular weight is 169 g/mol. The Labute approximate surface area is 72.7 Å². The second kappa shape index (κ2) is 3.25. The molecule has 1 rings (SSSR count). The highest BCUT2D eigenvalue weighted by Crippen LogP contribution is 2.18. The van der Waals surface area contributed by atoms with Crippen LogP contribution in [-0.4, -0.2) is 30.2 Å². The quantitative estimate of drug-likeness (QED) is 0.587. The van der Waals surface area contributed by atoms with E-state index in [0.717, 1.165) is 19.3 Å². The lowest BCUT2D eigenvalue weighted by molar-refractivity contribution is -0.129. The topological polar surface area (TPSA) is 37.4 Å². The number of amides is 1. The van der Waals surface area contributed by atoms with Crippen LogP contribution in [0, 0.1) is 5.41 Å². The molecular formula is C9H15NO2. The normalized spacial score (nSPS) is 18.5. The molecule has 1 aliphatic rings. The van der Waals surface area contributed by atoms with Crippen LogP contribution in [0.3, 0.4) is 0 Å². The summed E-state index contributed by atoms with van der Waals surface area (Å²) in [4.78, 5) is 23.5. The van der Waals surface area contributed by atoms with Gasteiger partial charge in [-0.1, -0.05) is 13.8 Å². The summed E-state index contributed by atoms with van der Waals surface area (Å²) in [7, 11) is 0. The number of likely N-dealkylation sites (tertiary alicyclic amines) is 1. The van der Waals surface area contributed by atoms with Crippen LogP contribution in [0.1, 0.15) is 26.7 Å². The zero-order valence-electron chi connectivity index (χ0n) is 7.67. The first-order valence-corrected chi connectivity index (χ1v) is 4.29. The monoisotopic (exact) mass is 169 g/mol. The van der Waals surface area contributed by atoms with E-state index in [4.69, 9.17) is 0 Å². The van der Waals surface area contributed by atoms with E-state index in [0.29, 0.717) is 13.0 Å². The number of aldehydes is 1. The minimum absolute atomic E-state index is 0.185.